The van der Waals surface area contributed by atoms with Crippen molar-refractivity contribution in [2.45, 2.75) is 12.5 Å². The van der Waals surface area contributed by atoms with Crippen LogP contribution in [-0.4, -0.2) is 14.1 Å². The Morgan fingerprint density at radius 2 is 1.62 bits per heavy atom. The van der Waals surface area contributed by atoms with Crippen LogP contribution in [0.2, 0.25) is 5.02 Å². The molecule has 0 aliphatic rings. The van der Waals surface area contributed by atoms with Crippen LogP contribution in [0.25, 0.3) is 0 Å². The highest BCUT2D eigenvalue weighted by molar-refractivity contribution is 6.30. The molecule has 21 heavy (non-hydrogen) atoms. The summed E-state index contributed by atoms with van der Waals surface area (Å²) in [6, 6.07) is 17.7. The standard InChI is InChI=1S/C17H18ClN3/c1-17(12-19,20-15-8-6-14(18)7-9-15)13-4-10-16(11-5-13)21(2)3/h4-11,20H,1-3H3. The maximum absolute atomic E-state index is 9.58. The lowest BCUT2D eigenvalue weighted by atomic mass is 9.93. The molecule has 108 valence electrons. The Hall–Kier alpha value is -2.18. The van der Waals surface area contributed by atoms with Gasteiger partial charge in [-0.25, -0.2) is 0 Å². The Kier molecular flexibility index (Phi) is 4.40. The maximum atomic E-state index is 9.58. The molecule has 0 heterocycles. The summed E-state index contributed by atoms with van der Waals surface area (Å²) in [6.07, 6.45) is 0. The molecule has 2 rings (SSSR count). The third-order valence-corrected chi connectivity index (χ3v) is 3.68. The van der Waals surface area contributed by atoms with Gasteiger partial charge in [0.15, 0.2) is 0 Å². The van der Waals surface area contributed by atoms with Gasteiger partial charge in [0.25, 0.3) is 0 Å². The first-order valence-electron chi connectivity index (χ1n) is 6.67. The Morgan fingerprint density at radius 1 is 1.05 bits per heavy atom. The van der Waals surface area contributed by atoms with Gasteiger partial charge in [0.2, 0.25) is 0 Å². The van der Waals surface area contributed by atoms with Gasteiger partial charge in [-0.15, -0.1) is 0 Å². The van der Waals surface area contributed by atoms with Crippen molar-refractivity contribution in [1.29, 1.82) is 5.26 Å². The number of nitrogens with zero attached hydrogens (tertiary/aromatic N) is 2. The molecule has 1 N–H and O–H groups in total. The molecule has 0 saturated heterocycles. The van der Waals surface area contributed by atoms with Crippen LogP contribution in [0.4, 0.5) is 11.4 Å². The first-order valence-corrected chi connectivity index (χ1v) is 7.05. The van der Waals surface area contributed by atoms with E-state index < -0.39 is 5.54 Å². The number of hydrogen-bond donors (Lipinski definition) is 1. The van der Waals surface area contributed by atoms with Crippen LogP contribution in [0.3, 0.4) is 0 Å². The second-order valence-corrected chi connectivity index (χ2v) is 5.75. The highest BCUT2D eigenvalue weighted by Gasteiger charge is 2.26. The minimum absolute atomic E-state index is 0.676. The molecule has 0 amide bonds. The van der Waals surface area contributed by atoms with E-state index in [1.807, 2.05) is 62.3 Å². The van der Waals surface area contributed by atoms with E-state index in [9.17, 15) is 5.26 Å². The van der Waals surface area contributed by atoms with Gasteiger partial charge < -0.3 is 10.2 Å². The van der Waals surface area contributed by atoms with Crippen molar-refractivity contribution in [3.8, 4) is 6.07 Å². The molecule has 1 atom stereocenters. The van der Waals surface area contributed by atoms with Crippen LogP contribution in [0.5, 0.6) is 0 Å². The van der Waals surface area contributed by atoms with E-state index in [1.54, 1.807) is 12.1 Å². The number of rotatable bonds is 4. The van der Waals surface area contributed by atoms with Gasteiger partial charge in [0.1, 0.15) is 5.54 Å². The SMILES string of the molecule is CN(C)c1ccc(C(C)(C#N)Nc2ccc(Cl)cc2)cc1. The van der Waals surface area contributed by atoms with Crippen molar-refractivity contribution >= 4 is 23.0 Å². The van der Waals surface area contributed by atoms with E-state index in [0.717, 1.165) is 16.9 Å². The molecular weight excluding hydrogens is 282 g/mol. The Balaban J connectivity index is 2.28. The number of benzene rings is 2. The fraction of sp³-hybridized carbons (Fsp3) is 0.235. The van der Waals surface area contributed by atoms with E-state index in [1.165, 1.54) is 0 Å². The minimum Gasteiger partial charge on any atom is -0.378 e. The molecule has 1 unspecified atom stereocenters. The molecule has 0 bridgehead atoms. The average Bonchev–Trinajstić information content (AvgIpc) is 2.49. The fourth-order valence-corrected chi connectivity index (χ4v) is 2.21. The van der Waals surface area contributed by atoms with Crippen molar-refractivity contribution in [2.24, 2.45) is 0 Å². The van der Waals surface area contributed by atoms with Gasteiger partial charge in [-0.05, 0) is 48.9 Å². The molecule has 3 nitrogen and oxygen atoms in total. The quantitative estimate of drug-likeness (QED) is 0.917. The Morgan fingerprint density at radius 3 is 2.10 bits per heavy atom. The molecule has 0 saturated carbocycles. The van der Waals surface area contributed by atoms with Crippen molar-refractivity contribution in [1.82, 2.24) is 0 Å². The van der Waals surface area contributed by atoms with E-state index in [2.05, 4.69) is 11.4 Å². The van der Waals surface area contributed by atoms with E-state index in [4.69, 9.17) is 11.6 Å². The summed E-state index contributed by atoms with van der Waals surface area (Å²) >= 11 is 5.88. The summed E-state index contributed by atoms with van der Waals surface area (Å²) in [4.78, 5) is 2.03. The molecule has 0 aliphatic heterocycles. The van der Waals surface area contributed by atoms with Crippen LogP contribution < -0.4 is 10.2 Å². The summed E-state index contributed by atoms with van der Waals surface area (Å²) in [5.41, 5.74) is 2.09. The van der Waals surface area contributed by atoms with Gasteiger partial charge in [0.05, 0.1) is 6.07 Å². The monoisotopic (exact) mass is 299 g/mol. The van der Waals surface area contributed by atoms with Crippen molar-refractivity contribution in [3.63, 3.8) is 0 Å². The molecule has 0 radical (unpaired) electrons. The molecule has 0 spiro atoms. The lowest BCUT2D eigenvalue weighted by Crippen LogP contribution is -2.30. The van der Waals surface area contributed by atoms with Crippen LogP contribution in [0.1, 0.15) is 12.5 Å². The number of halogens is 1. The average molecular weight is 300 g/mol. The van der Waals surface area contributed by atoms with E-state index in [-0.39, 0.29) is 0 Å². The third kappa shape index (κ3) is 3.48. The predicted octanol–water partition coefficient (Wildman–Crippen LogP) is 4.26. The Labute approximate surface area is 130 Å². The lowest BCUT2D eigenvalue weighted by molar-refractivity contribution is 0.706. The predicted molar refractivity (Wildman–Crippen MR) is 88.8 cm³/mol. The van der Waals surface area contributed by atoms with Gasteiger partial charge >= 0.3 is 0 Å². The number of anilines is 2. The normalized spacial score (nSPS) is 13.1. The summed E-state index contributed by atoms with van der Waals surface area (Å²) < 4.78 is 0. The molecule has 2 aromatic rings. The maximum Gasteiger partial charge on any atom is 0.148 e. The molecule has 2 aromatic carbocycles. The first kappa shape index (κ1) is 15.2. The molecule has 0 fully saturated rings. The zero-order valence-corrected chi connectivity index (χ0v) is 13.1. The second-order valence-electron chi connectivity index (χ2n) is 5.31. The Bertz CT molecular complexity index is 641. The summed E-state index contributed by atoms with van der Waals surface area (Å²) in [5.74, 6) is 0. The number of nitriles is 1. The van der Waals surface area contributed by atoms with Gasteiger partial charge in [0, 0.05) is 30.5 Å². The number of hydrogen-bond acceptors (Lipinski definition) is 3. The largest absolute Gasteiger partial charge is 0.378 e. The lowest BCUT2D eigenvalue weighted by Gasteiger charge is -2.26. The molecular formula is C17H18ClN3. The van der Waals surface area contributed by atoms with Crippen LogP contribution in [-0.2, 0) is 5.54 Å². The van der Waals surface area contributed by atoms with Crippen molar-refractivity contribution in [2.75, 3.05) is 24.3 Å². The van der Waals surface area contributed by atoms with Crippen LogP contribution >= 0.6 is 11.6 Å². The van der Waals surface area contributed by atoms with Crippen molar-refractivity contribution in [3.05, 3.63) is 59.1 Å². The zero-order valence-electron chi connectivity index (χ0n) is 12.4. The fourth-order valence-electron chi connectivity index (χ4n) is 2.08. The van der Waals surface area contributed by atoms with Crippen LogP contribution in [0.15, 0.2) is 48.5 Å². The van der Waals surface area contributed by atoms with E-state index in [0.29, 0.717) is 5.02 Å². The van der Waals surface area contributed by atoms with Gasteiger partial charge in [-0.3, -0.25) is 0 Å². The topological polar surface area (TPSA) is 39.1 Å². The smallest absolute Gasteiger partial charge is 0.148 e. The summed E-state index contributed by atoms with van der Waals surface area (Å²) in [5, 5.41) is 13.5. The summed E-state index contributed by atoms with van der Waals surface area (Å²) in [6.45, 7) is 1.87. The molecule has 4 heteroatoms. The first-order chi connectivity index (χ1) is 9.94. The van der Waals surface area contributed by atoms with Crippen LogP contribution in [0, 0.1) is 11.3 Å². The highest BCUT2D eigenvalue weighted by Crippen LogP contribution is 2.27. The molecule has 0 aromatic heterocycles. The highest BCUT2D eigenvalue weighted by atomic mass is 35.5. The molecule has 0 aliphatic carbocycles. The second kappa shape index (κ2) is 6.07. The van der Waals surface area contributed by atoms with Gasteiger partial charge in [-0.1, -0.05) is 23.7 Å². The van der Waals surface area contributed by atoms with E-state index >= 15 is 0 Å². The minimum atomic E-state index is -0.793. The van der Waals surface area contributed by atoms with Crippen molar-refractivity contribution < 1.29 is 0 Å². The summed E-state index contributed by atoms with van der Waals surface area (Å²) in [7, 11) is 3.98. The third-order valence-electron chi connectivity index (χ3n) is 3.42. The zero-order chi connectivity index (χ0) is 15.5. The van der Waals surface area contributed by atoms with Gasteiger partial charge in [-0.2, -0.15) is 5.26 Å². The number of nitrogens with one attached hydrogen (secondary N) is 1.